The molecule has 1 rings (SSSR count). The summed E-state index contributed by atoms with van der Waals surface area (Å²) in [5, 5.41) is 11.4. The number of rotatable bonds is 4. The van der Waals surface area contributed by atoms with E-state index in [4.69, 9.17) is 11.5 Å². The van der Waals surface area contributed by atoms with E-state index < -0.39 is 11.9 Å². The lowest BCUT2D eigenvalue weighted by Crippen LogP contribution is -2.33. The zero-order valence-electron chi connectivity index (χ0n) is 9.30. The predicted octanol–water partition coefficient (Wildman–Crippen LogP) is 0.921. The van der Waals surface area contributed by atoms with Gasteiger partial charge >= 0.3 is 5.97 Å². The van der Waals surface area contributed by atoms with Gasteiger partial charge in [-0.2, -0.15) is 0 Å². The maximum Gasteiger partial charge on any atom is 0.354 e. The molecule has 2 N–H and O–H groups in total. The van der Waals surface area contributed by atoms with Crippen LogP contribution in [0, 0.1) is 12.3 Å². The van der Waals surface area contributed by atoms with Gasteiger partial charge in [0.15, 0.2) is 0 Å². The van der Waals surface area contributed by atoms with Gasteiger partial charge in [0.1, 0.15) is 11.4 Å². The summed E-state index contributed by atoms with van der Waals surface area (Å²) in [6.07, 6.45) is 5.52. The molecule has 5 heteroatoms. The van der Waals surface area contributed by atoms with Crippen molar-refractivity contribution in [3.05, 3.63) is 29.6 Å². The maximum atomic E-state index is 11.7. The second kappa shape index (κ2) is 5.66. The fourth-order valence-corrected chi connectivity index (χ4v) is 1.21. The van der Waals surface area contributed by atoms with Crippen molar-refractivity contribution >= 4 is 11.9 Å². The van der Waals surface area contributed by atoms with E-state index >= 15 is 0 Å². The van der Waals surface area contributed by atoms with Crippen molar-refractivity contribution in [3.8, 4) is 12.3 Å². The van der Waals surface area contributed by atoms with Crippen LogP contribution in [0.15, 0.2) is 18.2 Å². The monoisotopic (exact) mass is 232 g/mol. The van der Waals surface area contributed by atoms with Gasteiger partial charge in [0.25, 0.3) is 5.91 Å². The number of aromatic nitrogens is 1. The number of carbonyl (C=O) groups excluding carboxylic acids is 1. The zero-order valence-corrected chi connectivity index (χ0v) is 9.30. The number of carboxylic acids is 1. The van der Waals surface area contributed by atoms with E-state index in [9.17, 15) is 9.59 Å². The minimum Gasteiger partial charge on any atom is -0.477 e. The fourth-order valence-electron chi connectivity index (χ4n) is 1.21. The third-order valence-electron chi connectivity index (χ3n) is 2.00. The van der Waals surface area contributed by atoms with E-state index in [0.717, 1.165) is 0 Å². The molecule has 0 aliphatic heterocycles. The number of nitrogens with zero attached hydrogens (tertiary/aromatic N) is 1. The van der Waals surface area contributed by atoms with E-state index in [-0.39, 0.29) is 17.4 Å². The smallest absolute Gasteiger partial charge is 0.354 e. The molecule has 0 aliphatic rings. The van der Waals surface area contributed by atoms with Crippen LogP contribution in [0.25, 0.3) is 0 Å². The van der Waals surface area contributed by atoms with Crippen molar-refractivity contribution in [2.24, 2.45) is 0 Å². The van der Waals surface area contributed by atoms with Crippen molar-refractivity contribution in [2.75, 3.05) is 0 Å². The highest BCUT2D eigenvalue weighted by atomic mass is 16.4. The topological polar surface area (TPSA) is 79.3 Å². The van der Waals surface area contributed by atoms with E-state index in [1.54, 1.807) is 6.92 Å². The molecule has 1 unspecified atom stereocenters. The molecule has 1 atom stereocenters. The van der Waals surface area contributed by atoms with E-state index in [1.807, 2.05) is 0 Å². The number of hydrogen-bond acceptors (Lipinski definition) is 3. The van der Waals surface area contributed by atoms with Gasteiger partial charge in [-0.25, -0.2) is 9.78 Å². The summed E-state index contributed by atoms with van der Waals surface area (Å²) in [5.41, 5.74) is -0.101. The first-order valence-electron chi connectivity index (χ1n) is 4.99. The molecule has 0 spiro atoms. The average Bonchev–Trinajstić information content (AvgIpc) is 2.29. The molecular formula is C12H12N2O3. The average molecular weight is 232 g/mol. The summed E-state index contributed by atoms with van der Waals surface area (Å²) < 4.78 is 0. The quantitative estimate of drug-likeness (QED) is 0.756. The summed E-state index contributed by atoms with van der Waals surface area (Å²) in [6.45, 7) is 1.76. The molecule has 17 heavy (non-hydrogen) atoms. The minimum absolute atomic E-state index is 0.0637. The molecule has 88 valence electrons. The maximum absolute atomic E-state index is 11.7. The molecule has 0 saturated heterocycles. The number of amides is 1. The highest BCUT2D eigenvalue weighted by Gasteiger charge is 2.12. The van der Waals surface area contributed by atoms with Gasteiger partial charge in [0.2, 0.25) is 0 Å². The Labute approximate surface area is 98.9 Å². The SMILES string of the molecule is C#CCC(C)NC(=O)c1cccc(C(=O)O)n1. The fraction of sp³-hybridized carbons (Fsp3) is 0.250. The summed E-state index contributed by atoms with van der Waals surface area (Å²) in [4.78, 5) is 26.1. The molecule has 1 aromatic rings. The molecule has 1 heterocycles. The van der Waals surface area contributed by atoms with Crippen molar-refractivity contribution < 1.29 is 14.7 Å². The van der Waals surface area contributed by atoms with Crippen LogP contribution in [-0.2, 0) is 0 Å². The Morgan fingerprint density at radius 1 is 1.53 bits per heavy atom. The number of carbonyl (C=O) groups is 2. The molecule has 0 radical (unpaired) electrons. The van der Waals surface area contributed by atoms with Crippen LogP contribution < -0.4 is 5.32 Å². The molecule has 0 fully saturated rings. The Morgan fingerprint density at radius 2 is 2.18 bits per heavy atom. The standard InChI is InChI=1S/C12H12N2O3/c1-3-5-8(2)13-11(15)9-6-4-7-10(14-9)12(16)17/h1,4,6-8H,5H2,2H3,(H,13,15)(H,16,17). The summed E-state index contributed by atoms with van der Waals surface area (Å²) in [5.74, 6) is 0.820. The van der Waals surface area contributed by atoms with Crippen molar-refractivity contribution in [2.45, 2.75) is 19.4 Å². The van der Waals surface area contributed by atoms with Crippen LogP contribution in [0.2, 0.25) is 0 Å². The van der Waals surface area contributed by atoms with Gasteiger partial charge in [-0.15, -0.1) is 12.3 Å². The molecule has 0 aliphatic carbocycles. The number of terminal acetylenes is 1. The van der Waals surface area contributed by atoms with Crippen molar-refractivity contribution in [3.63, 3.8) is 0 Å². The normalized spacial score (nSPS) is 11.3. The van der Waals surface area contributed by atoms with Crippen LogP contribution >= 0.6 is 0 Å². The number of carboxylic acid groups (broad SMARTS) is 1. The van der Waals surface area contributed by atoms with Crippen molar-refractivity contribution in [1.82, 2.24) is 10.3 Å². The third-order valence-corrected chi connectivity index (χ3v) is 2.00. The van der Waals surface area contributed by atoms with E-state index in [1.165, 1.54) is 18.2 Å². The molecular weight excluding hydrogens is 220 g/mol. The van der Waals surface area contributed by atoms with Gasteiger partial charge in [-0.3, -0.25) is 4.79 Å². The van der Waals surface area contributed by atoms with Crippen molar-refractivity contribution in [1.29, 1.82) is 0 Å². The largest absolute Gasteiger partial charge is 0.477 e. The summed E-state index contributed by atoms with van der Waals surface area (Å²) >= 11 is 0. The van der Waals surface area contributed by atoms with E-state index in [2.05, 4.69) is 16.2 Å². The first kappa shape index (κ1) is 12.7. The Balaban J connectivity index is 2.79. The predicted molar refractivity (Wildman–Crippen MR) is 61.6 cm³/mol. The highest BCUT2D eigenvalue weighted by Crippen LogP contribution is 2.01. The second-order valence-electron chi connectivity index (χ2n) is 3.50. The number of nitrogens with one attached hydrogen (secondary N) is 1. The molecule has 0 aromatic carbocycles. The van der Waals surface area contributed by atoms with Gasteiger partial charge in [-0.1, -0.05) is 6.07 Å². The lowest BCUT2D eigenvalue weighted by Gasteiger charge is -2.10. The first-order valence-corrected chi connectivity index (χ1v) is 4.99. The number of pyridine rings is 1. The van der Waals surface area contributed by atoms with Gasteiger partial charge < -0.3 is 10.4 Å². The molecule has 0 bridgehead atoms. The molecule has 1 aromatic heterocycles. The van der Waals surface area contributed by atoms with Crippen LogP contribution in [0.5, 0.6) is 0 Å². The lowest BCUT2D eigenvalue weighted by atomic mass is 10.2. The van der Waals surface area contributed by atoms with Crippen LogP contribution in [-0.4, -0.2) is 28.0 Å². The lowest BCUT2D eigenvalue weighted by molar-refractivity contribution is 0.0690. The van der Waals surface area contributed by atoms with Gasteiger partial charge in [0, 0.05) is 12.5 Å². The number of hydrogen-bond donors (Lipinski definition) is 2. The summed E-state index contributed by atoms with van der Waals surface area (Å²) in [7, 11) is 0. The molecule has 1 amide bonds. The Hall–Kier alpha value is -2.35. The van der Waals surface area contributed by atoms with Crippen LogP contribution in [0.1, 0.15) is 34.3 Å². The van der Waals surface area contributed by atoms with Crippen LogP contribution in [0.4, 0.5) is 0 Å². The number of aromatic carboxylic acids is 1. The van der Waals surface area contributed by atoms with E-state index in [0.29, 0.717) is 6.42 Å². The highest BCUT2D eigenvalue weighted by molar-refractivity contribution is 5.94. The second-order valence-corrected chi connectivity index (χ2v) is 3.50. The first-order chi connectivity index (χ1) is 8.04. The van der Waals surface area contributed by atoms with Gasteiger partial charge in [-0.05, 0) is 19.1 Å². The third kappa shape index (κ3) is 3.61. The molecule has 5 nitrogen and oxygen atoms in total. The minimum atomic E-state index is -1.17. The zero-order chi connectivity index (χ0) is 12.8. The van der Waals surface area contributed by atoms with Gasteiger partial charge in [0.05, 0.1) is 0 Å². The Kier molecular flexibility index (Phi) is 4.23. The Bertz CT molecular complexity index is 477. The van der Waals surface area contributed by atoms with Crippen LogP contribution in [0.3, 0.4) is 0 Å². The molecule has 0 saturated carbocycles. The summed E-state index contributed by atoms with van der Waals surface area (Å²) in [6, 6.07) is 4.06. The Morgan fingerprint density at radius 3 is 2.76 bits per heavy atom.